The Hall–Kier alpha value is -2.80. The lowest BCUT2D eigenvalue weighted by atomic mass is 10.1. The quantitative estimate of drug-likeness (QED) is 0.296. The second kappa shape index (κ2) is 8.26. The Labute approximate surface area is 158 Å². The van der Waals surface area contributed by atoms with E-state index >= 15 is 0 Å². The van der Waals surface area contributed by atoms with Gasteiger partial charge in [-0.3, -0.25) is 4.79 Å². The molecule has 0 fully saturated rings. The molecule has 3 rings (SSSR count). The van der Waals surface area contributed by atoms with Crippen molar-refractivity contribution < 1.29 is 27.5 Å². The molecule has 1 aromatic heterocycles. The molecule has 1 heterocycles. The number of methoxy groups -OCH3 is 2. The van der Waals surface area contributed by atoms with Crippen LogP contribution in [0.2, 0.25) is 0 Å². The van der Waals surface area contributed by atoms with E-state index in [1.54, 1.807) is 25.3 Å². The number of carbonyl (C=O) groups excluding carboxylic acids is 1. The number of hydrogen-bond donors (Lipinski definition) is 0. The molecule has 0 radical (unpaired) electrons. The summed E-state index contributed by atoms with van der Waals surface area (Å²) in [5, 5.41) is 0.858. The predicted molar refractivity (Wildman–Crippen MR) is 101 cm³/mol. The molecule has 0 saturated heterocycles. The fourth-order valence-corrected chi connectivity index (χ4v) is 3.16. The molecule has 27 heavy (non-hydrogen) atoms. The third kappa shape index (κ3) is 4.31. The summed E-state index contributed by atoms with van der Waals surface area (Å²) in [7, 11) is 2.93. The lowest BCUT2D eigenvalue weighted by Gasteiger charge is -2.08. The largest absolute Gasteiger partial charge is 0.496 e. The molecule has 7 heteroatoms. The lowest BCUT2D eigenvalue weighted by Crippen LogP contribution is -1.97. The Balaban J connectivity index is 1.82. The zero-order chi connectivity index (χ0) is 19.4. The number of benzene rings is 2. The monoisotopic (exact) mass is 390 g/mol. The zero-order valence-corrected chi connectivity index (χ0v) is 15.4. The normalized spacial score (nSPS) is 11.4. The first kappa shape index (κ1) is 19.0. The van der Waals surface area contributed by atoms with E-state index in [1.807, 2.05) is 12.1 Å². The lowest BCUT2D eigenvalue weighted by molar-refractivity contribution is 0.104. The first-order valence-electron chi connectivity index (χ1n) is 7.93. The standard InChI is InChI=1S/C20H16F2O4S/c1-24-16-5-3-4-13-10-14(26-19(13)16)7-8-15(23)12-6-9-18(27-20(21)22)17(11-12)25-2/h3-11,20H,1-2H3/b8-7+. The molecule has 0 saturated carbocycles. The topological polar surface area (TPSA) is 48.7 Å². The molecule has 0 aliphatic carbocycles. The van der Waals surface area contributed by atoms with Crippen molar-refractivity contribution in [3.8, 4) is 11.5 Å². The molecule has 0 bridgehead atoms. The molecule has 4 nitrogen and oxygen atoms in total. The summed E-state index contributed by atoms with van der Waals surface area (Å²) in [6.45, 7) is 0. The molecule has 2 aromatic carbocycles. The van der Waals surface area contributed by atoms with Gasteiger partial charge in [-0.2, -0.15) is 8.78 Å². The van der Waals surface area contributed by atoms with Crippen molar-refractivity contribution in [2.75, 3.05) is 14.2 Å². The van der Waals surface area contributed by atoms with E-state index in [0.717, 1.165) is 5.39 Å². The molecule has 0 spiro atoms. The van der Waals surface area contributed by atoms with Crippen molar-refractivity contribution in [3.05, 3.63) is 59.9 Å². The van der Waals surface area contributed by atoms with Gasteiger partial charge < -0.3 is 13.9 Å². The number of carbonyl (C=O) groups is 1. The molecular weight excluding hydrogens is 374 g/mol. The summed E-state index contributed by atoms with van der Waals surface area (Å²) in [6.07, 6.45) is 2.91. The maximum atomic E-state index is 12.6. The average Bonchev–Trinajstić information content (AvgIpc) is 3.09. The van der Waals surface area contributed by atoms with Gasteiger partial charge in [0.2, 0.25) is 0 Å². The minimum atomic E-state index is -2.56. The second-order valence-electron chi connectivity index (χ2n) is 5.47. The Morgan fingerprint density at radius 1 is 1.11 bits per heavy atom. The molecule has 3 aromatic rings. The highest BCUT2D eigenvalue weighted by molar-refractivity contribution is 7.99. The summed E-state index contributed by atoms with van der Waals surface area (Å²) >= 11 is 0.372. The zero-order valence-electron chi connectivity index (χ0n) is 14.6. The summed E-state index contributed by atoms with van der Waals surface area (Å²) in [6, 6.07) is 11.7. The molecule has 0 aliphatic heterocycles. The number of ketones is 1. The van der Waals surface area contributed by atoms with Gasteiger partial charge in [-0.25, -0.2) is 0 Å². The van der Waals surface area contributed by atoms with Crippen LogP contribution in [0.5, 0.6) is 11.5 Å². The van der Waals surface area contributed by atoms with Crippen molar-refractivity contribution in [1.82, 2.24) is 0 Å². The van der Waals surface area contributed by atoms with Crippen LogP contribution in [0.25, 0.3) is 17.0 Å². The summed E-state index contributed by atoms with van der Waals surface area (Å²) in [5.41, 5.74) is 0.928. The van der Waals surface area contributed by atoms with E-state index in [2.05, 4.69) is 0 Å². The van der Waals surface area contributed by atoms with E-state index in [9.17, 15) is 13.6 Å². The first-order valence-corrected chi connectivity index (χ1v) is 8.81. The van der Waals surface area contributed by atoms with Gasteiger partial charge in [-0.1, -0.05) is 23.9 Å². The fourth-order valence-electron chi connectivity index (χ4n) is 2.57. The highest BCUT2D eigenvalue weighted by atomic mass is 32.2. The van der Waals surface area contributed by atoms with E-state index in [4.69, 9.17) is 13.9 Å². The van der Waals surface area contributed by atoms with Crippen LogP contribution >= 0.6 is 11.8 Å². The van der Waals surface area contributed by atoms with Gasteiger partial charge in [0.25, 0.3) is 5.76 Å². The highest BCUT2D eigenvalue weighted by Gasteiger charge is 2.13. The Bertz CT molecular complexity index is 995. The average molecular weight is 390 g/mol. The van der Waals surface area contributed by atoms with Crippen LogP contribution in [0.15, 0.2) is 57.9 Å². The Kier molecular flexibility index (Phi) is 5.81. The van der Waals surface area contributed by atoms with Gasteiger partial charge >= 0.3 is 0 Å². The van der Waals surface area contributed by atoms with Gasteiger partial charge in [-0.15, -0.1) is 0 Å². The number of para-hydroxylation sites is 1. The number of furan rings is 1. The van der Waals surface area contributed by atoms with E-state index in [-0.39, 0.29) is 16.4 Å². The van der Waals surface area contributed by atoms with Crippen LogP contribution < -0.4 is 9.47 Å². The minimum absolute atomic E-state index is 0.230. The van der Waals surface area contributed by atoms with Crippen LogP contribution in [-0.2, 0) is 0 Å². The maximum absolute atomic E-state index is 12.6. The molecule has 0 aliphatic rings. The van der Waals surface area contributed by atoms with Crippen molar-refractivity contribution >= 4 is 34.6 Å². The molecule has 0 amide bonds. The summed E-state index contributed by atoms with van der Waals surface area (Å²) < 4.78 is 41.2. The van der Waals surface area contributed by atoms with Crippen LogP contribution in [0.1, 0.15) is 16.1 Å². The smallest absolute Gasteiger partial charge is 0.289 e. The maximum Gasteiger partial charge on any atom is 0.289 e. The predicted octanol–water partition coefficient (Wildman–Crippen LogP) is 5.66. The van der Waals surface area contributed by atoms with Gasteiger partial charge in [0.15, 0.2) is 17.1 Å². The van der Waals surface area contributed by atoms with E-state index < -0.39 is 5.76 Å². The molecule has 0 atom stereocenters. The summed E-state index contributed by atoms with van der Waals surface area (Å²) in [5.74, 6) is -1.53. The number of hydrogen-bond acceptors (Lipinski definition) is 5. The Morgan fingerprint density at radius 3 is 2.59 bits per heavy atom. The number of rotatable bonds is 7. The van der Waals surface area contributed by atoms with Crippen molar-refractivity contribution in [2.45, 2.75) is 10.7 Å². The van der Waals surface area contributed by atoms with Gasteiger partial charge in [0, 0.05) is 10.9 Å². The van der Waals surface area contributed by atoms with Crippen molar-refractivity contribution in [2.24, 2.45) is 0 Å². The number of allylic oxidation sites excluding steroid dienone is 1. The van der Waals surface area contributed by atoms with E-state index in [1.165, 1.54) is 31.4 Å². The number of halogens is 2. The molecular formula is C20H16F2O4S. The summed E-state index contributed by atoms with van der Waals surface area (Å²) in [4.78, 5) is 12.7. The van der Waals surface area contributed by atoms with Crippen LogP contribution in [0, 0.1) is 0 Å². The second-order valence-corrected chi connectivity index (χ2v) is 6.50. The fraction of sp³-hybridized carbons (Fsp3) is 0.150. The number of fused-ring (bicyclic) bond motifs is 1. The van der Waals surface area contributed by atoms with Crippen molar-refractivity contribution in [3.63, 3.8) is 0 Å². The van der Waals surface area contributed by atoms with Crippen LogP contribution in [-0.4, -0.2) is 25.8 Å². The molecule has 0 unspecified atom stereocenters. The first-order chi connectivity index (χ1) is 13.0. The van der Waals surface area contributed by atoms with Crippen molar-refractivity contribution in [1.29, 1.82) is 0 Å². The number of alkyl halides is 2. The third-order valence-electron chi connectivity index (χ3n) is 3.81. The van der Waals surface area contributed by atoms with Crippen LogP contribution in [0.4, 0.5) is 8.78 Å². The van der Waals surface area contributed by atoms with Gasteiger partial charge in [0.05, 0.1) is 19.1 Å². The van der Waals surface area contributed by atoms with E-state index in [0.29, 0.717) is 34.4 Å². The minimum Gasteiger partial charge on any atom is -0.496 e. The van der Waals surface area contributed by atoms with Crippen LogP contribution in [0.3, 0.4) is 0 Å². The SMILES string of the molecule is COc1cc(C(=O)/C=C/c2cc3cccc(OC)c3o2)ccc1SC(F)F. The van der Waals surface area contributed by atoms with Gasteiger partial charge in [0.1, 0.15) is 11.5 Å². The number of ether oxygens (including phenoxy) is 2. The Morgan fingerprint density at radius 2 is 1.89 bits per heavy atom. The third-order valence-corrected chi connectivity index (χ3v) is 4.58. The molecule has 140 valence electrons. The number of thioether (sulfide) groups is 1. The molecule has 0 N–H and O–H groups in total. The highest BCUT2D eigenvalue weighted by Crippen LogP contribution is 2.34. The van der Waals surface area contributed by atoms with Gasteiger partial charge in [-0.05, 0) is 42.5 Å².